The highest BCUT2D eigenvalue weighted by Gasteiger charge is 2.24. The predicted molar refractivity (Wildman–Crippen MR) is 98.6 cm³/mol. The van der Waals surface area contributed by atoms with Crippen LogP contribution in [0.3, 0.4) is 0 Å². The summed E-state index contributed by atoms with van der Waals surface area (Å²) in [6, 6.07) is 4.77. The molecule has 0 aromatic heterocycles. The summed E-state index contributed by atoms with van der Waals surface area (Å²) in [6.07, 6.45) is 1.03. The van der Waals surface area contributed by atoms with Gasteiger partial charge in [-0.05, 0) is 24.5 Å². The number of benzene rings is 1. The highest BCUT2D eigenvalue weighted by Crippen LogP contribution is 2.24. The van der Waals surface area contributed by atoms with Gasteiger partial charge in [-0.3, -0.25) is 15.0 Å². The minimum Gasteiger partial charge on any atom is -0.465 e. The second-order valence-electron chi connectivity index (χ2n) is 6.79. The zero-order valence-electron chi connectivity index (χ0n) is 15.6. The zero-order chi connectivity index (χ0) is 19.1. The van der Waals surface area contributed by atoms with Crippen LogP contribution in [0.2, 0.25) is 0 Å². The van der Waals surface area contributed by atoms with Crippen LogP contribution in [0.15, 0.2) is 18.2 Å². The molecule has 1 aromatic rings. The largest absolute Gasteiger partial charge is 0.465 e. The Morgan fingerprint density at radius 2 is 2.08 bits per heavy atom. The molecule has 2 rings (SSSR count). The lowest BCUT2D eigenvalue weighted by atomic mass is 10.0. The van der Waals surface area contributed by atoms with Crippen molar-refractivity contribution in [3.63, 3.8) is 0 Å². The number of hydrogen-bond donors (Lipinski definition) is 1. The van der Waals surface area contributed by atoms with Crippen LogP contribution in [0.1, 0.15) is 30.6 Å². The number of nitrogens with zero attached hydrogens (tertiary/aromatic N) is 2. The van der Waals surface area contributed by atoms with Crippen molar-refractivity contribution < 1.29 is 19.2 Å². The number of nitro benzene ring substituents is 1. The summed E-state index contributed by atoms with van der Waals surface area (Å²) in [5.74, 6) is -0.167. The maximum Gasteiger partial charge on any atom is 0.344 e. The van der Waals surface area contributed by atoms with Crippen molar-refractivity contribution in [3.05, 3.63) is 33.9 Å². The molecule has 144 valence electrons. The molecule has 1 fully saturated rings. The maximum absolute atomic E-state index is 11.8. The van der Waals surface area contributed by atoms with E-state index in [1.54, 1.807) is 6.07 Å². The Morgan fingerprint density at radius 1 is 1.38 bits per heavy atom. The van der Waals surface area contributed by atoms with Gasteiger partial charge < -0.3 is 14.8 Å². The lowest BCUT2D eigenvalue weighted by molar-refractivity contribution is -0.385. The van der Waals surface area contributed by atoms with Crippen LogP contribution in [-0.4, -0.2) is 61.8 Å². The minimum absolute atomic E-state index is 0.0470. The van der Waals surface area contributed by atoms with Crippen molar-refractivity contribution in [2.75, 3.05) is 45.3 Å². The molecule has 1 aromatic carbocycles. The summed E-state index contributed by atoms with van der Waals surface area (Å²) in [5.41, 5.74) is 0.363. The third-order valence-corrected chi connectivity index (χ3v) is 4.45. The third-order valence-electron chi connectivity index (χ3n) is 4.45. The SMILES string of the molecule is COC(=O)c1cc(NCC(CC(C)C)N2CCOCC2)ccc1[N+](=O)[O-]. The molecule has 1 atom stereocenters. The van der Waals surface area contributed by atoms with E-state index in [4.69, 9.17) is 4.74 Å². The molecule has 8 nitrogen and oxygen atoms in total. The van der Waals surface area contributed by atoms with Crippen molar-refractivity contribution in [1.29, 1.82) is 0 Å². The van der Waals surface area contributed by atoms with Gasteiger partial charge in [0, 0.05) is 37.4 Å². The van der Waals surface area contributed by atoms with E-state index >= 15 is 0 Å². The van der Waals surface area contributed by atoms with Crippen LogP contribution in [0, 0.1) is 16.0 Å². The molecule has 1 unspecified atom stereocenters. The molecule has 1 aliphatic heterocycles. The molecule has 1 heterocycles. The van der Waals surface area contributed by atoms with Gasteiger partial charge in [-0.15, -0.1) is 0 Å². The molecule has 26 heavy (non-hydrogen) atoms. The van der Waals surface area contributed by atoms with Crippen molar-refractivity contribution in [2.45, 2.75) is 26.3 Å². The molecule has 1 aliphatic rings. The van der Waals surface area contributed by atoms with Crippen LogP contribution in [-0.2, 0) is 9.47 Å². The Balaban J connectivity index is 2.12. The summed E-state index contributed by atoms with van der Waals surface area (Å²) in [4.78, 5) is 24.8. The summed E-state index contributed by atoms with van der Waals surface area (Å²) in [7, 11) is 1.21. The number of nitro groups is 1. The van der Waals surface area contributed by atoms with Gasteiger partial charge in [0.15, 0.2) is 0 Å². The first-order valence-corrected chi connectivity index (χ1v) is 8.84. The molecule has 8 heteroatoms. The number of anilines is 1. The number of carbonyl (C=O) groups excluding carboxylic acids is 1. The lowest BCUT2D eigenvalue weighted by Gasteiger charge is -2.35. The first-order valence-electron chi connectivity index (χ1n) is 8.84. The number of esters is 1. The molecule has 0 radical (unpaired) electrons. The number of methoxy groups -OCH3 is 1. The average molecular weight is 365 g/mol. The van der Waals surface area contributed by atoms with Gasteiger partial charge in [-0.25, -0.2) is 4.79 Å². The molecule has 0 bridgehead atoms. The monoisotopic (exact) mass is 365 g/mol. The van der Waals surface area contributed by atoms with E-state index < -0.39 is 10.9 Å². The number of carbonyl (C=O) groups is 1. The van der Waals surface area contributed by atoms with Gasteiger partial charge in [0.25, 0.3) is 5.69 Å². The minimum atomic E-state index is -0.716. The van der Waals surface area contributed by atoms with Gasteiger partial charge in [0.1, 0.15) is 5.56 Å². The van der Waals surface area contributed by atoms with Crippen molar-refractivity contribution >= 4 is 17.3 Å². The first kappa shape index (κ1) is 20.1. The molecule has 1 N–H and O–H groups in total. The van der Waals surface area contributed by atoms with Crippen LogP contribution < -0.4 is 5.32 Å². The fraction of sp³-hybridized carbons (Fsp3) is 0.611. The molecular formula is C18H27N3O5. The third kappa shape index (κ3) is 5.40. The summed E-state index contributed by atoms with van der Waals surface area (Å²) in [6.45, 7) is 8.33. The van der Waals surface area contributed by atoms with E-state index in [1.807, 2.05) is 0 Å². The average Bonchev–Trinajstić information content (AvgIpc) is 2.64. The quantitative estimate of drug-likeness (QED) is 0.430. The number of rotatable bonds is 8. The normalized spacial score (nSPS) is 16.3. The molecule has 1 saturated heterocycles. The Hall–Kier alpha value is -2.19. The number of ether oxygens (including phenoxy) is 2. The van der Waals surface area contributed by atoms with E-state index in [1.165, 1.54) is 19.2 Å². The lowest BCUT2D eigenvalue weighted by Crippen LogP contribution is -2.47. The Labute approximate surface area is 153 Å². The maximum atomic E-state index is 11.8. The van der Waals surface area contributed by atoms with Crippen LogP contribution in [0.25, 0.3) is 0 Å². The van der Waals surface area contributed by atoms with Gasteiger partial charge in [-0.1, -0.05) is 13.8 Å². The van der Waals surface area contributed by atoms with E-state index in [2.05, 4.69) is 28.8 Å². The zero-order valence-corrected chi connectivity index (χ0v) is 15.6. The summed E-state index contributed by atoms with van der Waals surface area (Å²) < 4.78 is 10.1. The first-order chi connectivity index (χ1) is 12.4. The van der Waals surface area contributed by atoms with E-state index in [0.29, 0.717) is 24.2 Å². The molecule has 0 spiro atoms. The Bertz CT molecular complexity index is 629. The highest BCUT2D eigenvalue weighted by atomic mass is 16.6. The van der Waals surface area contributed by atoms with Crippen LogP contribution in [0.4, 0.5) is 11.4 Å². The van der Waals surface area contributed by atoms with Crippen molar-refractivity contribution in [3.8, 4) is 0 Å². The number of nitrogens with one attached hydrogen (secondary N) is 1. The Morgan fingerprint density at radius 3 is 2.65 bits per heavy atom. The summed E-state index contributed by atoms with van der Waals surface area (Å²) in [5, 5.41) is 14.4. The van der Waals surface area contributed by atoms with Crippen molar-refractivity contribution in [2.24, 2.45) is 5.92 Å². The molecule has 0 aliphatic carbocycles. The van der Waals surface area contributed by atoms with E-state index in [-0.39, 0.29) is 11.3 Å². The van der Waals surface area contributed by atoms with Gasteiger partial charge in [-0.2, -0.15) is 0 Å². The van der Waals surface area contributed by atoms with E-state index in [0.717, 1.165) is 32.7 Å². The van der Waals surface area contributed by atoms with E-state index in [9.17, 15) is 14.9 Å². The topological polar surface area (TPSA) is 93.9 Å². The van der Waals surface area contributed by atoms with Crippen molar-refractivity contribution in [1.82, 2.24) is 4.90 Å². The second-order valence-corrected chi connectivity index (χ2v) is 6.79. The molecular weight excluding hydrogens is 338 g/mol. The summed E-state index contributed by atoms with van der Waals surface area (Å²) >= 11 is 0. The van der Waals surface area contributed by atoms with Gasteiger partial charge in [0.2, 0.25) is 0 Å². The van der Waals surface area contributed by atoms with Crippen LogP contribution >= 0.6 is 0 Å². The van der Waals surface area contributed by atoms with Gasteiger partial charge >= 0.3 is 5.97 Å². The predicted octanol–water partition coefficient (Wildman–Crippen LogP) is 2.54. The fourth-order valence-corrected chi connectivity index (χ4v) is 3.16. The van der Waals surface area contributed by atoms with Crippen LogP contribution in [0.5, 0.6) is 0 Å². The number of hydrogen-bond acceptors (Lipinski definition) is 7. The fourth-order valence-electron chi connectivity index (χ4n) is 3.16. The second kappa shape index (κ2) is 9.49. The highest BCUT2D eigenvalue weighted by molar-refractivity contribution is 5.95. The molecule has 0 saturated carbocycles. The smallest absolute Gasteiger partial charge is 0.344 e. The molecule has 0 amide bonds. The van der Waals surface area contributed by atoms with Gasteiger partial charge in [0.05, 0.1) is 25.2 Å². The number of morpholine rings is 1. The standard InChI is InChI=1S/C18H27N3O5/c1-13(2)10-15(20-6-8-26-9-7-20)12-19-14-4-5-17(21(23)24)16(11-14)18(22)25-3/h4-5,11,13,15,19H,6-10,12H2,1-3H3. The Kier molecular flexibility index (Phi) is 7.35.